The summed E-state index contributed by atoms with van der Waals surface area (Å²) in [5, 5.41) is 6.39. The van der Waals surface area contributed by atoms with Gasteiger partial charge in [0.1, 0.15) is 0 Å². The number of aliphatic imine (C=N–C) groups is 1. The Bertz CT molecular complexity index is 580. The second-order valence-corrected chi connectivity index (χ2v) is 6.97. The molecule has 0 aromatic heterocycles. The summed E-state index contributed by atoms with van der Waals surface area (Å²) in [7, 11) is 1.85. The summed E-state index contributed by atoms with van der Waals surface area (Å²) < 4.78 is 0. The number of carbonyl (C=O) groups excluding carboxylic acids is 1. The number of benzene rings is 1. The number of likely N-dealkylation sites (tertiary alicyclic amines) is 1. The van der Waals surface area contributed by atoms with Crippen LogP contribution in [0, 0.1) is 5.41 Å². The predicted molar refractivity (Wildman–Crippen MR) is 97.2 cm³/mol. The average Bonchev–Trinajstić information content (AvgIpc) is 3.04. The van der Waals surface area contributed by atoms with Crippen LogP contribution < -0.4 is 10.6 Å². The van der Waals surface area contributed by atoms with Gasteiger partial charge in [-0.1, -0.05) is 24.6 Å². The molecule has 0 atom stereocenters. The maximum absolute atomic E-state index is 12.0. The van der Waals surface area contributed by atoms with Crippen molar-refractivity contribution in [2.24, 2.45) is 10.4 Å². The van der Waals surface area contributed by atoms with Gasteiger partial charge in [-0.05, 0) is 43.2 Å². The molecular formula is C19H28N4O. The van der Waals surface area contributed by atoms with Gasteiger partial charge >= 0.3 is 0 Å². The standard InChI is InChI=1S/C19H28N4O/c1-20-18(23-14-11-19(15-23)9-5-10-19)22-13-6-12-21-17(24)16-7-3-2-4-8-16/h2-4,7-8H,5-6,9-15H2,1H3,(H,20,22)(H,21,24). The van der Waals surface area contributed by atoms with E-state index in [-0.39, 0.29) is 5.91 Å². The summed E-state index contributed by atoms with van der Waals surface area (Å²) in [5.41, 5.74) is 1.30. The van der Waals surface area contributed by atoms with Crippen molar-refractivity contribution in [1.82, 2.24) is 15.5 Å². The lowest BCUT2D eigenvalue weighted by molar-refractivity contribution is 0.0953. The van der Waals surface area contributed by atoms with E-state index in [1.165, 1.54) is 25.7 Å². The highest BCUT2D eigenvalue weighted by Gasteiger charge is 2.43. The number of hydrogen-bond donors (Lipinski definition) is 2. The lowest BCUT2D eigenvalue weighted by Crippen LogP contribution is -2.43. The molecule has 1 amide bonds. The maximum Gasteiger partial charge on any atom is 0.251 e. The molecule has 0 radical (unpaired) electrons. The van der Waals surface area contributed by atoms with E-state index in [9.17, 15) is 4.79 Å². The van der Waals surface area contributed by atoms with E-state index in [2.05, 4.69) is 20.5 Å². The van der Waals surface area contributed by atoms with Gasteiger partial charge in [0.05, 0.1) is 0 Å². The summed E-state index contributed by atoms with van der Waals surface area (Å²) >= 11 is 0. The highest BCUT2D eigenvalue weighted by atomic mass is 16.1. The number of guanidine groups is 1. The Labute approximate surface area is 144 Å². The zero-order chi connectivity index (χ0) is 16.8. The van der Waals surface area contributed by atoms with E-state index in [4.69, 9.17) is 0 Å². The number of hydrogen-bond acceptors (Lipinski definition) is 2. The molecule has 24 heavy (non-hydrogen) atoms. The second kappa shape index (κ2) is 7.69. The number of carbonyl (C=O) groups is 1. The van der Waals surface area contributed by atoms with Crippen LogP contribution in [0.15, 0.2) is 35.3 Å². The first-order valence-corrected chi connectivity index (χ1v) is 9.01. The molecule has 1 spiro atoms. The van der Waals surface area contributed by atoms with Crippen molar-refractivity contribution in [3.8, 4) is 0 Å². The van der Waals surface area contributed by atoms with Gasteiger partial charge in [0.15, 0.2) is 5.96 Å². The molecule has 5 heteroatoms. The van der Waals surface area contributed by atoms with E-state index >= 15 is 0 Å². The van der Waals surface area contributed by atoms with Crippen LogP contribution in [0.2, 0.25) is 0 Å². The first kappa shape index (κ1) is 16.8. The monoisotopic (exact) mass is 328 g/mol. The average molecular weight is 328 g/mol. The molecule has 1 aliphatic heterocycles. The Morgan fingerprint density at radius 1 is 1.17 bits per heavy atom. The fourth-order valence-electron chi connectivity index (χ4n) is 3.72. The lowest BCUT2D eigenvalue weighted by Gasteiger charge is -2.38. The van der Waals surface area contributed by atoms with E-state index in [1.807, 2.05) is 37.4 Å². The van der Waals surface area contributed by atoms with Crippen molar-refractivity contribution < 1.29 is 4.79 Å². The highest BCUT2D eigenvalue weighted by molar-refractivity contribution is 5.94. The van der Waals surface area contributed by atoms with Crippen molar-refractivity contribution in [2.75, 3.05) is 33.2 Å². The Kier molecular flexibility index (Phi) is 5.38. The van der Waals surface area contributed by atoms with Gasteiger partial charge in [0.25, 0.3) is 5.91 Å². The summed E-state index contributed by atoms with van der Waals surface area (Å²) in [5.74, 6) is 1.000. The van der Waals surface area contributed by atoms with Gasteiger partial charge < -0.3 is 15.5 Å². The molecule has 1 saturated heterocycles. The molecule has 1 saturated carbocycles. The van der Waals surface area contributed by atoms with Gasteiger partial charge in [0, 0.05) is 38.8 Å². The van der Waals surface area contributed by atoms with Crippen molar-refractivity contribution in [3.05, 3.63) is 35.9 Å². The third-order valence-electron chi connectivity index (χ3n) is 5.32. The molecule has 1 aromatic carbocycles. The number of amides is 1. The first-order valence-electron chi connectivity index (χ1n) is 9.01. The van der Waals surface area contributed by atoms with Crippen molar-refractivity contribution in [1.29, 1.82) is 0 Å². The van der Waals surface area contributed by atoms with E-state index in [0.717, 1.165) is 32.0 Å². The van der Waals surface area contributed by atoms with Gasteiger partial charge in [0.2, 0.25) is 0 Å². The summed E-state index contributed by atoms with van der Waals surface area (Å²) in [4.78, 5) is 18.8. The molecule has 130 valence electrons. The van der Waals surface area contributed by atoms with Crippen LogP contribution in [0.25, 0.3) is 0 Å². The largest absolute Gasteiger partial charge is 0.356 e. The maximum atomic E-state index is 12.0. The van der Waals surface area contributed by atoms with Gasteiger partial charge in [-0.15, -0.1) is 0 Å². The van der Waals surface area contributed by atoms with Crippen LogP contribution in [-0.2, 0) is 0 Å². The number of nitrogens with one attached hydrogen (secondary N) is 2. The molecule has 0 bridgehead atoms. The van der Waals surface area contributed by atoms with Crippen LogP contribution in [0.3, 0.4) is 0 Å². The molecule has 0 unspecified atom stereocenters. The molecule has 1 heterocycles. The van der Waals surface area contributed by atoms with Crippen molar-refractivity contribution in [3.63, 3.8) is 0 Å². The highest BCUT2D eigenvalue weighted by Crippen LogP contribution is 2.47. The normalized spacial score (nSPS) is 19.2. The Morgan fingerprint density at radius 3 is 2.54 bits per heavy atom. The zero-order valence-corrected chi connectivity index (χ0v) is 14.6. The minimum absolute atomic E-state index is 0.00792. The van der Waals surface area contributed by atoms with E-state index < -0.39 is 0 Å². The molecule has 1 aliphatic carbocycles. The predicted octanol–water partition coefficient (Wildman–Crippen LogP) is 2.26. The second-order valence-electron chi connectivity index (χ2n) is 6.97. The van der Waals surface area contributed by atoms with Crippen molar-refractivity contribution in [2.45, 2.75) is 32.1 Å². The summed E-state index contributed by atoms with van der Waals surface area (Å²) in [6.07, 6.45) is 6.34. The summed E-state index contributed by atoms with van der Waals surface area (Å²) in [6.45, 7) is 3.76. The molecule has 5 nitrogen and oxygen atoms in total. The van der Waals surface area contributed by atoms with Gasteiger partial charge in [-0.3, -0.25) is 9.79 Å². The topological polar surface area (TPSA) is 56.7 Å². The molecule has 3 rings (SSSR count). The Balaban J connectivity index is 1.34. The smallest absolute Gasteiger partial charge is 0.251 e. The molecule has 2 fully saturated rings. The number of rotatable bonds is 5. The van der Waals surface area contributed by atoms with Crippen molar-refractivity contribution >= 4 is 11.9 Å². The van der Waals surface area contributed by atoms with E-state index in [0.29, 0.717) is 17.5 Å². The fraction of sp³-hybridized carbons (Fsp3) is 0.579. The molecular weight excluding hydrogens is 300 g/mol. The van der Waals surface area contributed by atoms with Crippen LogP contribution in [0.4, 0.5) is 0 Å². The van der Waals surface area contributed by atoms with Crippen LogP contribution >= 0.6 is 0 Å². The van der Waals surface area contributed by atoms with Gasteiger partial charge in [-0.25, -0.2) is 0 Å². The molecule has 2 N–H and O–H groups in total. The Morgan fingerprint density at radius 2 is 1.92 bits per heavy atom. The van der Waals surface area contributed by atoms with Crippen LogP contribution in [0.1, 0.15) is 42.5 Å². The first-order chi connectivity index (χ1) is 11.7. The molecule has 1 aromatic rings. The zero-order valence-electron chi connectivity index (χ0n) is 14.6. The minimum Gasteiger partial charge on any atom is -0.356 e. The van der Waals surface area contributed by atoms with Crippen LogP contribution in [0.5, 0.6) is 0 Å². The minimum atomic E-state index is -0.00792. The van der Waals surface area contributed by atoms with Gasteiger partial charge in [-0.2, -0.15) is 0 Å². The lowest BCUT2D eigenvalue weighted by atomic mass is 9.68. The third kappa shape index (κ3) is 3.89. The SMILES string of the molecule is CN=C(NCCCNC(=O)c1ccccc1)N1CCC2(CCC2)C1. The summed E-state index contributed by atoms with van der Waals surface area (Å²) in [6, 6.07) is 9.34. The number of nitrogens with zero attached hydrogens (tertiary/aromatic N) is 2. The third-order valence-corrected chi connectivity index (χ3v) is 5.32. The van der Waals surface area contributed by atoms with E-state index in [1.54, 1.807) is 0 Å². The molecule has 2 aliphatic rings. The fourth-order valence-corrected chi connectivity index (χ4v) is 3.72. The quantitative estimate of drug-likeness (QED) is 0.495. The van der Waals surface area contributed by atoms with Crippen LogP contribution in [-0.4, -0.2) is 50.0 Å². The Hall–Kier alpha value is -2.04.